The van der Waals surface area contributed by atoms with E-state index in [0.717, 1.165) is 16.9 Å². The van der Waals surface area contributed by atoms with Crippen LogP contribution in [0.1, 0.15) is 80.6 Å². The van der Waals surface area contributed by atoms with Crippen LogP contribution in [-0.2, 0) is 4.43 Å². The maximum Gasteiger partial charge on any atom is 0.200 e. The molecule has 0 amide bonds. The van der Waals surface area contributed by atoms with Gasteiger partial charge in [-0.05, 0) is 77.3 Å². The minimum Gasteiger partial charge on any atom is -0.413 e. The summed E-state index contributed by atoms with van der Waals surface area (Å²) in [4.78, 5) is 0. The molecule has 0 saturated heterocycles. The molecule has 4 aliphatic rings. The van der Waals surface area contributed by atoms with Crippen LogP contribution in [0.25, 0.3) is 0 Å². The van der Waals surface area contributed by atoms with Crippen molar-refractivity contribution in [1.82, 2.24) is 0 Å². The van der Waals surface area contributed by atoms with Gasteiger partial charge in [0.1, 0.15) is 0 Å². The van der Waals surface area contributed by atoms with Crippen LogP contribution >= 0.6 is 11.6 Å². The van der Waals surface area contributed by atoms with Gasteiger partial charge in [0.25, 0.3) is 0 Å². The van der Waals surface area contributed by atoms with Gasteiger partial charge in [0.2, 0.25) is 8.32 Å². The van der Waals surface area contributed by atoms with E-state index in [2.05, 4.69) is 54.5 Å². The van der Waals surface area contributed by atoms with Crippen molar-refractivity contribution >= 4 is 19.9 Å². The predicted molar refractivity (Wildman–Crippen MR) is 118 cm³/mol. The van der Waals surface area contributed by atoms with Crippen LogP contribution in [0, 0.1) is 35.0 Å². The van der Waals surface area contributed by atoms with Crippen LogP contribution < -0.4 is 0 Å². The summed E-state index contributed by atoms with van der Waals surface area (Å²) < 4.78 is 7.54. The van der Waals surface area contributed by atoms with E-state index < -0.39 is 8.32 Å². The van der Waals surface area contributed by atoms with Crippen molar-refractivity contribution in [3.8, 4) is 0 Å². The van der Waals surface area contributed by atoms with E-state index in [1.807, 2.05) is 0 Å². The molecular formula is C24H41ClOSi. The van der Waals surface area contributed by atoms with E-state index in [-0.39, 0.29) is 0 Å². The second-order valence-electron chi connectivity index (χ2n) is 11.3. The largest absolute Gasteiger partial charge is 0.413 e. The van der Waals surface area contributed by atoms with Gasteiger partial charge < -0.3 is 4.43 Å². The molecule has 1 nitrogen and oxygen atoms in total. The maximum atomic E-state index is 7.54. The Morgan fingerprint density at radius 2 is 1.56 bits per heavy atom. The van der Waals surface area contributed by atoms with E-state index in [4.69, 9.17) is 16.0 Å². The Kier molecular flexibility index (Phi) is 5.22. The lowest BCUT2D eigenvalue weighted by Crippen LogP contribution is -2.61. The van der Waals surface area contributed by atoms with Crippen LogP contribution in [0.3, 0.4) is 0 Å². The molecule has 0 radical (unpaired) electrons. The Morgan fingerprint density at radius 1 is 1.00 bits per heavy atom. The number of fused-ring (bicyclic) bond motifs is 4. The van der Waals surface area contributed by atoms with Crippen molar-refractivity contribution in [2.75, 3.05) is 0 Å². The van der Waals surface area contributed by atoms with Crippen LogP contribution in [0.2, 0.25) is 16.6 Å². The molecule has 1 spiro atoms. The van der Waals surface area contributed by atoms with Crippen molar-refractivity contribution < 1.29 is 4.43 Å². The Bertz CT molecular complexity index is 584. The quantitative estimate of drug-likeness (QED) is 0.422. The van der Waals surface area contributed by atoms with E-state index in [9.17, 15) is 0 Å². The maximum absolute atomic E-state index is 7.54. The minimum absolute atomic E-state index is 0.488. The van der Waals surface area contributed by atoms with Gasteiger partial charge in [0.05, 0.1) is 6.10 Å². The first-order chi connectivity index (χ1) is 12.7. The third kappa shape index (κ3) is 2.79. The van der Waals surface area contributed by atoms with Crippen molar-refractivity contribution in [2.45, 2.75) is 103 Å². The summed E-state index contributed by atoms with van der Waals surface area (Å²) in [5, 5.41) is 1.16. The molecule has 0 N–H and O–H groups in total. The van der Waals surface area contributed by atoms with Gasteiger partial charge in [-0.25, -0.2) is 0 Å². The highest BCUT2D eigenvalue weighted by Gasteiger charge is 2.68. The Hall–Kier alpha value is 0.207. The van der Waals surface area contributed by atoms with Crippen LogP contribution in [0.15, 0.2) is 11.1 Å². The molecule has 0 aromatic carbocycles. The third-order valence-electron chi connectivity index (χ3n) is 9.36. The number of rotatable bonds is 5. The van der Waals surface area contributed by atoms with Crippen molar-refractivity contribution in [3.05, 3.63) is 11.1 Å². The highest BCUT2D eigenvalue weighted by atomic mass is 35.5. The molecule has 0 heterocycles. The van der Waals surface area contributed by atoms with Gasteiger partial charge in [0, 0.05) is 5.03 Å². The van der Waals surface area contributed by atoms with E-state index in [1.54, 1.807) is 0 Å². The number of halogens is 1. The van der Waals surface area contributed by atoms with Gasteiger partial charge in [-0.1, -0.05) is 72.6 Å². The average Bonchev–Trinajstić information content (AvgIpc) is 3.36. The summed E-state index contributed by atoms with van der Waals surface area (Å²) in [6.07, 6.45) is 9.99. The lowest BCUT2D eigenvalue weighted by molar-refractivity contribution is -0.115. The first kappa shape index (κ1) is 20.5. The smallest absolute Gasteiger partial charge is 0.200 e. The third-order valence-corrected chi connectivity index (χ3v) is 15.9. The normalized spacial score (nSPS) is 40.0. The summed E-state index contributed by atoms with van der Waals surface area (Å²) in [5.41, 5.74) is 2.61. The van der Waals surface area contributed by atoms with E-state index in [1.165, 1.54) is 32.1 Å². The second-order valence-corrected chi connectivity index (χ2v) is 17.1. The zero-order chi connectivity index (χ0) is 19.7. The molecule has 4 rings (SSSR count). The van der Waals surface area contributed by atoms with Gasteiger partial charge in [0.15, 0.2) is 0 Å². The van der Waals surface area contributed by atoms with Gasteiger partial charge in [-0.2, -0.15) is 0 Å². The monoisotopic (exact) mass is 408 g/mol. The van der Waals surface area contributed by atoms with Crippen LogP contribution in [0.4, 0.5) is 0 Å². The lowest BCUT2D eigenvalue weighted by Gasteiger charge is -2.61. The molecule has 0 aromatic rings. The second kappa shape index (κ2) is 6.88. The molecule has 3 fully saturated rings. The molecule has 27 heavy (non-hydrogen) atoms. The molecule has 4 aliphatic carbocycles. The topological polar surface area (TPSA) is 9.23 Å². The van der Waals surface area contributed by atoms with Gasteiger partial charge in [-0.3, -0.25) is 0 Å². The zero-order valence-electron chi connectivity index (χ0n) is 18.6. The molecule has 3 saturated carbocycles. The number of allylic oxidation sites excluding steroid dienone is 2. The summed E-state index contributed by atoms with van der Waals surface area (Å²) in [5.74, 6) is 3.44. The van der Waals surface area contributed by atoms with Crippen molar-refractivity contribution in [1.29, 1.82) is 0 Å². The summed E-state index contributed by atoms with van der Waals surface area (Å²) in [7, 11) is -1.85. The number of hydrogen-bond donors (Lipinski definition) is 0. The van der Waals surface area contributed by atoms with Crippen LogP contribution in [-0.4, -0.2) is 14.4 Å². The Labute approximate surface area is 173 Å². The van der Waals surface area contributed by atoms with Gasteiger partial charge >= 0.3 is 0 Å². The molecule has 0 aliphatic heterocycles. The fourth-order valence-corrected chi connectivity index (χ4v) is 14.3. The summed E-state index contributed by atoms with van der Waals surface area (Å²) >= 11 is 6.80. The highest BCUT2D eigenvalue weighted by molar-refractivity contribution is 6.77. The standard InChI is InChI=1S/C24H41ClOSi/c1-14(2)27(15(3)4,16(5)6)26-23-18-9-8-10-19(23)22-17(7)21(25)13-20(18)24(22)11-12-24/h13-20,22-23H,8-12H2,1-7H3/t17-,18+,19-,20+,22-,23-/m1/s1. The molecule has 0 aromatic heterocycles. The molecular weight excluding hydrogens is 368 g/mol. The van der Waals surface area contributed by atoms with E-state index >= 15 is 0 Å². The predicted octanol–water partition coefficient (Wildman–Crippen LogP) is 7.76. The molecule has 154 valence electrons. The molecule has 6 atom stereocenters. The van der Waals surface area contributed by atoms with Crippen molar-refractivity contribution in [2.24, 2.45) is 35.0 Å². The molecule has 4 bridgehead atoms. The highest BCUT2D eigenvalue weighted by Crippen LogP contribution is 2.73. The number of hydrogen-bond acceptors (Lipinski definition) is 1. The fourth-order valence-electron chi connectivity index (χ4n) is 8.36. The van der Waals surface area contributed by atoms with Crippen molar-refractivity contribution in [3.63, 3.8) is 0 Å². The van der Waals surface area contributed by atoms with E-state index in [0.29, 0.717) is 45.9 Å². The summed E-state index contributed by atoms with van der Waals surface area (Å²) in [6, 6.07) is 0. The summed E-state index contributed by atoms with van der Waals surface area (Å²) in [6.45, 7) is 17.0. The Balaban J connectivity index is 1.74. The zero-order valence-corrected chi connectivity index (χ0v) is 20.4. The average molecular weight is 409 g/mol. The minimum atomic E-state index is -1.85. The fraction of sp³-hybridized carbons (Fsp3) is 0.917. The first-order valence-corrected chi connectivity index (χ1v) is 14.2. The van der Waals surface area contributed by atoms with Gasteiger partial charge in [-0.15, -0.1) is 0 Å². The molecule has 0 unspecified atom stereocenters. The first-order valence-electron chi connectivity index (χ1n) is 11.7. The SMILES string of the molecule is CC(C)[Si](O[C@@H]1[C@H]2CCC[C@@H]1[C@H]1[C@H](C)C(Cl)=C[C@@H]2C12CC2)(C(C)C)C(C)C. The molecule has 3 heteroatoms. The lowest BCUT2D eigenvalue weighted by atomic mass is 9.49. The van der Waals surface area contributed by atoms with Crippen LogP contribution in [0.5, 0.6) is 0 Å². The Morgan fingerprint density at radius 3 is 2.07 bits per heavy atom.